The Bertz CT molecular complexity index is 475. The lowest BCUT2D eigenvalue weighted by atomic mass is 10.2. The van der Waals surface area contributed by atoms with Crippen LogP contribution in [0.4, 0.5) is 5.69 Å². The Morgan fingerprint density at radius 2 is 2.28 bits per heavy atom. The monoisotopic (exact) mass is 248 g/mol. The van der Waals surface area contributed by atoms with Crippen LogP contribution in [0.15, 0.2) is 18.2 Å². The van der Waals surface area contributed by atoms with Crippen molar-refractivity contribution < 1.29 is 9.66 Å². The van der Waals surface area contributed by atoms with E-state index in [1.807, 2.05) is 6.92 Å². The van der Waals surface area contributed by atoms with E-state index in [4.69, 9.17) is 4.74 Å². The van der Waals surface area contributed by atoms with Crippen LogP contribution in [0.5, 0.6) is 5.75 Å². The Hall–Kier alpha value is -2.06. The first-order valence-corrected chi connectivity index (χ1v) is 5.69. The molecule has 0 atom stereocenters. The van der Waals surface area contributed by atoms with Crippen LogP contribution in [0, 0.1) is 22.0 Å². The van der Waals surface area contributed by atoms with Gasteiger partial charge in [0.15, 0.2) is 5.75 Å². The highest BCUT2D eigenvalue weighted by atomic mass is 16.6. The molecule has 1 aromatic carbocycles. The standard InChI is InChI=1S/C13H16N2O3/c1-3-5-8-18-13-9-11(10-14-4-2)6-7-12(13)15(16)17/h6-7,9,14H,4,8,10H2,1-2H3. The maximum absolute atomic E-state index is 10.9. The number of nitro groups is 1. The summed E-state index contributed by atoms with van der Waals surface area (Å²) in [5.74, 6) is 5.66. The van der Waals surface area contributed by atoms with Gasteiger partial charge in [-0.2, -0.15) is 0 Å². The molecule has 0 saturated carbocycles. The second-order valence-electron chi connectivity index (χ2n) is 3.55. The summed E-state index contributed by atoms with van der Waals surface area (Å²) in [5.41, 5.74) is 0.912. The quantitative estimate of drug-likeness (QED) is 0.475. The van der Waals surface area contributed by atoms with Gasteiger partial charge in [0, 0.05) is 12.6 Å². The summed E-state index contributed by atoms with van der Waals surface area (Å²) < 4.78 is 5.32. The third-order valence-electron chi connectivity index (χ3n) is 2.28. The molecule has 0 unspecified atom stereocenters. The van der Waals surface area contributed by atoms with E-state index in [1.54, 1.807) is 19.1 Å². The van der Waals surface area contributed by atoms with Gasteiger partial charge in [0.2, 0.25) is 0 Å². The van der Waals surface area contributed by atoms with Gasteiger partial charge in [-0.3, -0.25) is 10.1 Å². The molecule has 0 fully saturated rings. The van der Waals surface area contributed by atoms with E-state index in [1.165, 1.54) is 6.07 Å². The molecule has 0 heterocycles. The fraction of sp³-hybridized carbons (Fsp3) is 0.385. The first kappa shape index (κ1) is 14.0. The van der Waals surface area contributed by atoms with Gasteiger partial charge in [-0.05, 0) is 25.1 Å². The zero-order chi connectivity index (χ0) is 13.4. The summed E-state index contributed by atoms with van der Waals surface area (Å²) >= 11 is 0. The molecule has 0 aliphatic carbocycles. The van der Waals surface area contributed by atoms with Crippen LogP contribution in [0.25, 0.3) is 0 Å². The van der Waals surface area contributed by atoms with Gasteiger partial charge < -0.3 is 10.1 Å². The van der Waals surface area contributed by atoms with Crippen LogP contribution in [0.1, 0.15) is 19.4 Å². The summed E-state index contributed by atoms with van der Waals surface area (Å²) in [6.07, 6.45) is 0. The molecule has 0 aliphatic rings. The molecule has 5 nitrogen and oxygen atoms in total. The predicted octanol–water partition coefficient (Wildman–Crippen LogP) is 2.11. The van der Waals surface area contributed by atoms with Gasteiger partial charge in [-0.1, -0.05) is 18.9 Å². The average molecular weight is 248 g/mol. The molecule has 0 radical (unpaired) electrons. The Kier molecular flexibility index (Phi) is 5.68. The third kappa shape index (κ3) is 4.07. The molecule has 1 N–H and O–H groups in total. The molecule has 1 aromatic rings. The number of hydrogen-bond donors (Lipinski definition) is 1. The Morgan fingerprint density at radius 1 is 1.50 bits per heavy atom. The van der Waals surface area contributed by atoms with E-state index in [2.05, 4.69) is 17.2 Å². The molecule has 0 spiro atoms. The lowest BCUT2D eigenvalue weighted by Crippen LogP contribution is -2.12. The predicted molar refractivity (Wildman–Crippen MR) is 69.4 cm³/mol. The molecular weight excluding hydrogens is 232 g/mol. The van der Waals surface area contributed by atoms with Gasteiger partial charge in [-0.25, -0.2) is 0 Å². The molecule has 0 aliphatic heterocycles. The number of benzene rings is 1. The van der Waals surface area contributed by atoms with Crippen molar-refractivity contribution in [1.29, 1.82) is 0 Å². The Morgan fingerprint density at radius 3 is 2.89 bits per heavy atom. The first-order valence-electron chi connectivity index (χ1n) is 5.69. The van der Waals surface area contributed by atoms with Gasteiger partial charge in [0.1, 0.15) is 6.61 Å². The number of ether oxygens (including phenoxy) is 1. The van der Waals surface area contributed by atoms with E-state index >= 15 is 0 Å². The van der Waals surface area contributed by atoms with Crippen molar-refractivity contribution >= 4 is 5.69 Å². The minimum absolute atomic E-state index is 0.0341. The van der Waals surface area contributed by atoms with Crippen LogP contribution in [0.2, 0.25) is 0 Å². The summed E-state index contributed by atoms with van der Waals surface area (Å²) in [6, 6.07) is 4.86. The number of rotatable bonds is 6. The van der Waals surface area contributed by atoms with Gasteiger partial charge in [0.25, 0.3) is 0 Å². The summed E-state index contributed by atoms with van der Waals surface area (Å²) in [4.78, 5) is 10.4. The van der Waals surface area contributed by atoms with E-state index in [9.17, 15) is 10.1 Å². The van der Waals surface area contributed by atoms with E-state index in [-0.39, 0.29) is 18.0 Å². The fourth-order valence-corrected chi connectivity index (χ4v) is 1.39. The SMILES string of the molecule is CC#CCOc1cc(CNCC)ccc1[N+](=O)[O-]. The van der Waals surface area contributed by atoms with Crippen molar-refractivity contribution in [2.45, 2.75) is 20.4 Å². The second-order valence-corrected chi connectivity index (χ2v) is 3.55. The van der Waals surface area contributed by atoms with Crippen LogP contribution in [-0.2, 0) is 6.54 Å². The average Bonchev–Trinajstić information content (AvgIpc) is 2.36. The Balaban J connectivity index is 2.90. The van der Waals surface area contributed by atoms with E-state index in [0.717, 1.165) is 12.1 Å². The molecule has 0 amide bonds. The summed E-state index contributed by atoms with van der Waals surface area (Å²) in [6.45, 7) is 5.35. The maximum Gasteiger partial charge on any atom is 0.310 e. The number of nitrogens with one attached hydrogen (secondary N) is 1. The fourth-order valence-electron chi connectivity index (χ4n) is 1.39. The third-order valence-corrected chi connectivity index (χ3v) is 2.28. The van der Waals surface area contributed by atoms with Crippen LogP contribution < -0.4 is 10.1 Å². The summed E-state index contributed by atoms with van der Waals surface area (Å²) in [7, 11) is 0. The van der Waals surface area contributed by atoms with Crippen LogP contribution in [0.3, 0.4) is 0 Å². The molecule has 0 bridgehead atoms. The van der Waals surface area contributed by atoms with E-state index in [0.29, 0.717) is 6.54 Å². The van der Waals surface area contributed by atoms with Crippen molar-refractivity contribution in [3.8, 4) is 17.6 Å². The van der Waals surface area contributed by atoms with Crippen molar-refractivity contribution in [3.05, 3.63) is 33.9 Å². The molecule has 0 aromatic heterocycles. The maximum atomic E-state index is 10.9. The molecule has 96 valence electrons. The van der Waals surface area contributed by atoms with Crippen LogP contribution in [-0.4, -0.2) is 18.1 Å². The number of nitro benzene ring substituents is 1. The second kappa shape index (κ2) is 7.30. The van der Waals surface area contributed by atoms with E-state index < -0.39 is 4.92 Å². The molecular formula is C13H16N2O3. The number of hydrogen-bond acceptors (Lipinski definition) is 4. The minimum atomic E-state index is -0.453. The van der Waals surface area contributed by atoms with Gasteiger partial charge in [-0.15, -0.1) is 5.92 Å². The zero-order valence-electron chi connectivity index (χ0n) is 10.5. The van der Waals surface area contributed by atoms with Crippen molar-refractivity contribution in [2.24, 2.45) is 0 Å². The zero-order valence-corrected chi connectivity index (χ0v) is 10.5. The smallest absolute Gasteiger partial charge is 0.310 e. The van der Waals surface area contributed by atoms with Crippen LogP contribution >= 0.6 is 0 Å². The van der Waals surface area contributed by atoms with Gasteiger partial charge in [0.05, 0.1) is 4.92 Å². The Labute approximate surface area is 106 Å². The summed E-state index contributed by atoms with van der Waals surface area (Å²) in [5, 5.41) is 14.0. The van der Waals surface area contributed by atoms with Gasteiger partial charge >= 0.3 is 5.69 Å². The minimum Gasteiger partial charge on any atom is -0.474 e. The number of nitrogens with zero attached hydrogens (tertiary/aromatic N) is 1. The lowest BCUT2D eigenvalue weighted by molar-refractivity contribution is -0.385. The van der Waals surface area contributed by atoms with Crippen molar-refractivity contribution in [3.63, 3.8) is 0 Å². The van der Waals surface area contributed by atoms with Crippen molar-refractivity contribution in [1.82, 2.24) is 5.32 Å². The highest BCUT2D eigenvalue weighted by molar-refractivity contribution is 5.48. The normalized spacial score (nSPS) is 9.44. The highest BCUT2D eigenvalue weighted by Crippen LogP contribution is 2.27. The molecule has 0 saturated heterocycles. The molecule has 18 heavy (non-hydrogen) atoms. The largest absolute Gasteiger partial charge is 0.474 e. The highest BCUT2D eigenvalue weighted by Gasteiger charge is 2.15. The first-order chi connectivity index (χ1) is 8.69. The topological polar surface area (TPSA) is 64.4 Å². The molecule has 1 rings (SSSR count). The van der Waals surface area contributed by atoms with Crippen molar-refractivity contribution in [2.75, 3.05) is 13.2 Å². The lowest BCUT2D eigenvalue weighted by Gasteiger charge is -2.07. The molecule has 5 heteroatoms.